The minimum Gasteiger partial charge on any atom is -0.457 e. The van der Waals surface area contributed by atoms with Gasteiger partial charge in [0.1, 0.15) is 17.3 Å². The molecule has 3 aromatic rings. The predicted molar refractivity (Wildman–Crippen MR) is 116 cm³/mol. The molecule has 160 valence electrons. The fourth-order valence-corrected chi connectivity index (χ4v) is 3.16. The van der Waals surface area contributed by atoms with Gasteiger partial charge in [0.2, 0.25) is 5.91 Å². The second-order valence-corrected chi connectivity index (χ2v) is 7.09. The summed E-state index contributed by atoms with van der Waals surface area (Å²) in [6, 6.07) is 20.6. The number of nitrogens with two attached hydrogens (primary N) is 1. The predicted octanol–water partition coefficient (Wildman–Crippen LogP) is 4.59. The molecular formula is C24H24FN3O3. The first-order valence-electron chi connectivity index (χ1n) is 9.84. The molecule has 4 N–H and O–H groups in total. The van der Waals surface area contributed by atoms with Crippen LogP contribution in [0.5, 0.6) is 11.5 Å². The van der Waals surface area contributed by atoms with Crippen LogP contribution in [0.4, 0.5) is 9.18 Å². The number of hydrogen-bond acceptors (Lipinski definition) is 3. The molecule has 0 radical (unpaired) electrons. The van der Waals surface area contributed by atoms with Crippen molar-refractivity contribution in [3.8, 4) is 11.5 Å². The lowest BCUT2D eigenvalue weighted by molar-refractivity contribution is -0.122. The maximum Gasteiger partial charge on any atom is 0.312 e. The normalized spacial score (nSPS) is 12.5. The van der Waals surface area contributed by atoms with E-state index >= 15 is 0 Å². The first-order chi connectivity index (χ1) is 14.9. The summed E-state index contributed by atoms with van der Waals surface area (Å²) in [5.41, 5.74) is 6.77. The molecule has 2 atom stereocenters. The van der Waals surface area contributed by atoms with Crippen molar-refractivity contribution in [2.75, 3.05) is 0 Å². The number of benzene rings is 3. The lowest BCUT2D eigenvalue weighted by atomic mass is 10.0. The summed E-state index contributed by atoms with van der Waals surface area (Å²) in [6.45, 7) is 1.80. The highest BCUT2D eigenvalue weighted by molar-refractivity contribution is 5.79. The summed E-state index contributed by atoms with van der Waals surface area (Å²) >= 11 is 0. The molecule has 0 aromatic heterocycles. The number of hydrogen-bond donors (Lipinski definition) is 3. The molecule has 6 nitrogen and oxygen atoms in total. The molecule has 3 amide bonds. The fourth-order valence-electron chi connectivity index (χ4n) is 3.16. The average molecular weight is 421 g/mol. The lowest BCUT2D eigenvalue weighted by Crippen LogP contribution is -2.37. The highest BCUT2D eigenvalue weighted by Gasteiger charge is 2.20. The summed E-state index contributed by atoms with van der Waals surface area (Å²) in [5, 5.41) is 5.47. The van der Waals surface area contributed by atoms with Gasteiger partial charge >= 0.3 is 6.03 Å². The number of carbonyl (C=O) groups excluding carboxylic acids is 2. The van der Waals surface area contributed by atoms with E-state index in [-0.39, 0.29) is 24.2 Å². The quantitative estimate of drug-likeness (QED) is 0.496. The number of primary amides is 1. The van der Waals surface area contributed by atoms with Gasteiger partial charge in [-0.1, -0.05) is 42.5 Å². The third-order valence-corrected chi connectivity index (χ3v) is 4.69. The van der Waals surface area contributed by atoms with E-state index in [4.69, 9.17) is 10.5 Å². The van der Waals surface area contributed by atoms with Gasteiger partial charge in [0.25, 0.3) is 0 Å². The van der Waals surface area contributed by atoms with Gasteiger partial charge in [0.05, 0.1) is 18.5 Å². The molecule has 0 aliphatic heterocycles. The molecule has 0 saturated carbocycles. The Balaban J connectivity index is 1.71. The molecule has 0 fully saturated rings. The molecule has 0 aliphatic rings. The van der Waals surface area contributed by atoms with Gasteiger partial charge in [-0.2, -0.15) is 0 Å². The van der Waals surface area contributed by atoms with Crippen molar-refractivity contribution in [3.63, 3.8) is 0 Å². The maximum absolute atomic E-state index is 13.1. The number of para-hydroxylation sites is 1. The monoisotopic (exact) mass is 421 g/mol. The molecule has 7 heteroatoms. The van der Waals surface area contributed by atoms with Crippen molar-refractivity contribution in [1.82, 2.24) is 10.6 Å². The van der Waals surface area contributed by atoms with E-state index in [2.05, 4.69) is 10.6 Å². The number of nitrogens with one attached hydrogen (secondary N) is 2. The number of halogens is 1. The van der Waals surface area contributed by atoms with Gasteiger partial charge in [0.15, 0.2) is 0 Å². The standard InChI is InChI=1S/C24H24FN3O3/c1-16(17-10-12-19(25)13-11-17)27-23(29)15-22(28-24(26)30)18-6-5-9-21(14-18)31-20-7-3-2-4-8-20/h2-14,16,22H,15H2,1H3,(H,27,29)(H3,26,28,30). The number of ether oxygens (including phenoxy) is 1. The first-order valence-corrected chi connectivity index (χ1v) is 9.84. The SMILES string of the molecule is CC(NC(=O)CC(NC(N)=O)c1cccc(Oc2ccccc2)c1)c1ccc(F)cc1. The largest absolute Gasteiger partial charge is 0.457 e. The second kappa shape index (κ2) is 10.2. The van der Waals surface area contributed by atoms with E-state index in [1.165, 1.54) is 12.1 Å². The van der Waals surface area contributed by atoms with Gasteiger partial charge in [-0.05, 0) is 54.4 Å². The molecule has 0 heterocycles. The molecule has 3 aromatic carbocycles. The summed E-state index contributed by atoms with van der Waals surface area (Å²) < 4.78 is 19.0. The Morgan fingerprint density at radius 2 is 1.58 bits per heavy atom. The molecule has 0 spiro atoms. The summed E-state index contributed by atoms with van der Waals surface area (Å²) in [6.07, 6.45) is -0.0245. The Bertz CT molecular complexity index is 1030. The van der Waals surface area contributed by atoms with Crippen LogP contribution in [-0.4, -0.2) is 11.9 Å². The Labute approximate surface area is 180 Å². The smallest absolute Gasteiger partial charge is 0.312 e. The van der Waals surface area contributed by atoms with Gasteiger partial charge in [0, 0.05) is 0 Å². The van der Waals surface area contributed by atoms with Crippen molar-refractivity contribution in [2.24, 2.45) is 5.73 Å². The van der Waals surface area contributed by atoms with Crippen LogP contribution >= 0.6 is 0 Å². The first kappa shape index (κ1) is 21.8. The van der Waals surface area contributed by atoms with Crippen LogP contribution in [0.25, 0.3) is 0 Å². The fraction of sp³-hybridized carbons (Fsp3) is 0.167. The molecule has 31 heavy (non-hydrogen) atoms. The number of urea groups is 1. The Morgan fingerprint density at radius 3 is 2.26 bits per heavy atom. The van der Waals surface area contributed by atoms with E-state index in [0.29, 0.717) is 17.1 Å². The van der Waals surface area contributed by atoms with Crippen LogP contribution in [0.3, 0.4) is 0 Å². The summed E-state index contributed by atoms with van der Waals surface area (Å²) in [4.78, 5) is 24.2. The zero-order valence-electron chi connectivity index (χ0n) is 17.0. The third-order valence-electron chi connectivity index (χ3n) is 4.69. The van der Waals surface area contributed by atoms with Gasteiger partial charge in [-0.15, -0.1) is 0 Å². The van der Waals surface area contributed by atoms with Crippen LogP contribution in [-0.2, 0) is 4.79 Å². The highest BCUT2D eigenvalue weighted by Crippen LogP contribution is 2.26. The molecule has 0 saturated heterocycles. The molecular weight excluding hydrogens is 397 g/mol. The third kappa shape index (κ3) is 6.57. The van der Waals surface area contributed by atoms with Crippen LogP contribution in [0.2, 0.25) is 0 Å². The topological polar surface area (TPSA) is 93.5 Å². The van der Waals surface area contributed by atoms with E-state index in [9.17, 15) is 14.0 Å². The van der Waals surface area contributed by atoms with E-state index in [0.717, 1.165) is 5.56 Å². The second-order valence-electron chi connectivity index (χ2n) is 7.09. The Morgan fingerprint density at radius 1 is 0.903 bits per heavy atom. The minimum atomic E-state index is -0.737. The van der Waals surface area contributed by atoms with Gasteiger partial charge in [-0.25, -0.2) is 9.18 Å². The molecule has 2 unspecified atom stereocenters. The molecule has 0 aliphatic carbocycles. The van der Waals surface area contributed by atoms with E-state index in [1.807, 2.05) is 30.3 Å². The zero-order valence-corrected chi connectivity index (χ0v) is 17.0. The highest BCUT2D eigenvalue weighted by atomic mass is 19.1. The number of rotatable bonds is 8. The van der Waals surface area contributed by atoms with Gasteiger partial charge in [-0.3, -0.25) is 4.79 Å². The molecule has 3 rings (SSSR count). The molecule has 0 bridgehead atoms. The minimum absolute atomic E-state index is 0.0245. The Hall–Kier alpha value is -3.87. The average Bonchev–Trinajstić information content (AvgIpc) is 2.74. The van der Waals surface area contributed by atoms with Crippen molar-refractivity contribution < 1.29 is 18.7 Å². The lowest BCUT2D eigenvalue weighted by Gasteiger charge is -2.20. The Kier molecular flexibility index (Phi) is 7.22. The summed E-state index contributed by atoms with van der Waals surface area (Å²) in [5.74, 6) is 0.612. The van der Waals surface area contributed by atoms with Gasteiger partial charge < -0.3 is 21.1 Å². The van der Waals surface area contributed by atoms with Crippen LogP contribution in [0, 0.1) is 5.82 Å². The number of carbonyl (C=O) groups is 2. The maximum atomic E-state index is 13.1. The van der Waals surface area contributed by atoms with Crippen molar-refractivity contribution in [1.29, 1.82) is 0 Å². The van der Waals surface area contributed by atoms with Crippen molar-refractivity contribution >= 4 is 11.9 Å². The zero-order chi connectivity index (χ0) is 22.2. The van der Waals surface area contributed by atoms with Crippen molar-refractivity contribution in [3.05, 3.63) is 95.8 Å². The summed E-state index contributed by atoms with van der Waals surface area (Å²) in [7, 11) is 0. The van der Waals surface area contributed by atoms with Crippen molar-refractivity contribution in [2.45, 2.75) is 25.4 Å². The van der Waals surface area contributed by atoms with E-state index in [1.54, 1.807) is 43.3 Å². The van der Waals surface area contributed by atoms with Crippen LogP contribution in [0.15, 0.2) is 78.9 Å². The van der Waals surface area contributed by atoms with Crippen LogP contribution in [0.1, 0.15) is 36.6 Å². The van der Waals surface area contributed by atoms with E-state index < -0.39 is 12.1 Å². The van der Waals surface area contributed by atoms with Crippen LogP contribution < -0.4 is 21.1 Å². The number of amides is 3.